The van der Waals surface area contributed by atoms with Gasteiger partial charge in [-0.1, -0.05) is 35.9 Å². The number of thioether (sulfide) groups is 1. The van der Waals surface area contributed by atoms with Crippen molar-refractivity contribution in [1.29, 1.82) is 0 Å². The highest BCUT2D eigenvalue weighted by Crippen LogP contribution is 2.34. The van der Waals surface area contributed by atoms with Crippen molar-refractivity contribution in [2.45, 2.75) is 15.7 Å². The Hall–Kier alpha value is -2.55. The van der Waals surface area contributed by atoms with Crippen molar-refractivity contribution < 1.29 is 17.2 Å². The molecule has 2 aromatic carbocycles. The number of para-hydroxylation sites is 1. The molecule has 0 aliphatic carbocycles. The summed E-state index contributed by atoms with van der Waals surface area (Å²) in [6.45, 7) is 0. The summed E-state index contributed by atoms with van der Waals surface area (Å²) in [7, 11) is -3.98. The van der Waals surface area contributed by atoms with E-state index >= 15 is 0 Å². The first-order valence-corrected chi connectivity index (χ1v) is 11.3. The van der Waals surface area contributed by atoms with Crippen LogP contribution in [-0.2, 0) is 15.8 Å². The van der Waals surface area contributed by atoms with Gasteiger partial charge >= 0.3 is 0 Å². The Morgan fingerprint density at radius 2 is 1.93 bits per heavy atom. The number of aromatic nitrogens is 1. The molecule has 2 heterocycles. The van der Waals surface area contributed by atoms with Crippen molar-refractivity contribution in [3.05, 3.63) is 83.4 Å². The van der Waals surface area contributed by atoms with Gasteiger partial charge in [0.1, 0.15) is 5.58 Å². The van der Waals surface area contributed by atoms with E-state index in [9.17, 15) is 12.8 Å². The molecule has 0 spiro atoms. The summed E-state index contributed by atoms with van der Waals surface area (Å²) in [5, 5.41) is 0.845. The van der Waals surface area contributed by atoms with E-state index in [1.54, 1.807) is 48.5 Å². The summed E-state index contributed by atoms with van der Waals surface area (Å²) in [6, 6.07) is 16.6. The summed E-state index contributed by atoms with van der Waals surface area (Å²) in [4.78, 5) is 4.22. The lowest BCUT2D eigenvalue weighted by molar-refractivity contribution is 0.484. The number of halogens is 2. The van der Waals surface area contributed by atoms with Gasteiger partial charge in [0, 0.05) is 38.9 Å². The van der Waals surface area contributed by atoms with E-state index in [0.717, 1.165) is 0 Å². The second-order valence-electron chi connectivity index (χ2n) is 6.09. The number of anilines is 1. The lowest BCUT2D eigenvalue weighted by Crippen LogP contribution is -2.12. The predicted octanol–water partition coefficient (Wildman–Crippen LogP) is 5.71. The predicted molar refractivity (Wildman–Crippen MR) is 112 cm³/mol. The van der Waals surface area contributed by atoms with Gasteiger partial charge in [0.25, 0.3) is 10.0 Å². The minimum absolute atomic E-state index is 0.201. The molecule has 0 amide bonds. The highest BCUT2D eigenvalue weighted by atomic mass is 35.5. The first-order chi connectivity index (χ1) is 13.9. The van der Waals surface area contributed by atoms with Gasteiger partial charge in [-0.15, -0.1) is 11.8 Å². The van der Waals surface area contributed by atoms with Crippen molar-refractivity contribution in [3.8, 4) is 0 Å². The number of nitrogens with one attached hydrogen (secondary N) is 1. The molecule has 0 saturated heterocycles. The zero-order valence-corrected chi connectivity index (χ0v) is 17.2. The van der Waals surface area contributed by atoms with E-state index in [-0.39, 0.29) is 16.5 Å². The van der Waals surface area contributed by atoms with E-state index < -0.39 is 16.0 Å². The first kappa shape index (κ1) is 19.8. The number of rotatable bonds is 6. The third-order valence-corrected chi connectivity index (χ3v) is 6.65. The van der Waals surface area contributed by atoms with Crippen LogP contribution in [0.15, 0.2) is 81.3 Å². The molecule has 1 N–H and O–H groups in total. The Bertz CT molecular complexity index is 1260. The van der Waals surface area contributed by atoms with Crippen LogP contribution in [0.1, 0.15) is 5.56 Å². The molecule has 0 unspecified atom stereocenters. The Labute approximate surface area is 176 Å². The summed E-state index contributed by atoms with van der Waals surface area (Å²) in [5.41, 5.74) is 1.17. The Morgan fingerprint density at radius 1 is 1.10 bits per heavy atom. The number of pyridine rings is 1. The fourth-order valence-corrected chi connectivity index (χ4v) is 4.91. The molecule has 29 heavy (non-hydrogen) atoms. The topological polar surface area (TPSA) is 72.2 Å². The lowest BCUT2D eigenvalue weighted by Gasteiger charge is -2.12. The summed E-state index contributed by atoms with van der Waals surface area (Å²) in [6.07, 6.45) is 1.37. The standard InChI is InChI=1S/C20H14ClFN2O3S2/c21-15-7-8-18(28-12-14-5-3-9-23-20(14)22)16(11-15)24-29(25,26)19-10-13-4-1-2-6-17(13)27-19/h1-11,24H,12H2. The monoisotopic (exact) mass is 448 g/mol. The maximum absolute atomic E-state index is 13.8. The molecule has 9 heteroatoms. The fraction of sp³-hybridized carbons (Fsp3) is 0.0500. The zero-order valence-electron chi connectivity index (χ0n) is 14.8. The quantitative estimate of drug-likeness (QED) is 0.302. The number of furan rings is 1. The van der Waals surface area contributed by atoms with Crippen LogP contribution in [0.3, 0.4) is 0 Å². The largest absolute Gasteiger partial charge is 0.443 e. The van der Waals surface area contributed by atoms with Crippen molar-refractivity contribution in [3.63, 3.8) is 0 Å². The smallest absolute Gasteiger partial charge is 0.295 e. The third-order valence-electron chi connectivity index (χ3n) is 4.07. The molecule has 4 aromatic rings. The highest BCUT2D eigenvalue weighted by molar-refractivity contribution is 7.98. The van der Waals surface area contributed by atoms with Gasteiger partial charge in [-0.25, -0.2) is 4.98 Å². The number of hydrogen-bond acceptors (Lipinski definition) is 5. The SMILES string of the molecule is O=S(=O)(Nc1cc(Cl)ccc1SCc1cccnc1F)c1cc2ccccc2o1. The molecule has 0 atom stereocenters. The molecule has 0 radical (unpaired) electrons. The van der Waals surface area contributed by atoms with Crippen molar-refractivity contribution in [2.75, 3.05) is 4.72 Å². The molecular weight excluding hydrogens is 435 g/mol. The van der Waals surface area contributed by atoms with E-state index in [0.29, 0.717) is 26.5 Å². The second kappa shape index (κ2) is 8.06. The van der Waals surface area contributed by atoms with Crippen molar-refractivity contribution in [2.24, 2.45) is 0 Å². The van der Waals surface area contributed by atoms with Crippen molar-refractivity contribution in [1.82, 2.24) is 4.98 Å². The van der Waals surface area contributed by atoms with Crippen LogP contribution in [0.2, 0.25) is 5.02 Å². The van der Waals surface area contributed by atoms with Crippen LogP contribution in [0, 0.1) is 5.95 Å². The molecule has 0 fully saturated rings. The Balaban J connectivity index is 1.62. The molecule has 0 aliphatic heterocycles. The molecule has 2 aromatic heterocycles. The van der Waals surface area contributed by atoms with E-state index in [4.69, 9.17) is 16.0 Å². The third kappa shape index (κ3) is 4.39. The van der Waals surface area contributed by atoms with Gasteiger partial charge in [-0.3, -0.25) is 4.72 Å². The van der Waals surface area contributed by atoms with Crippen molar-refractivity contribution >= 4 is 50.0 Å². The molecule has 0 bridgehead atoms. The normalized spacial score (nSPS) is 11.7. The maximum atomic E-state index is 13.8. The molecular formula is C20H14ClFN2O3S2. The minimum atomic E-state index is -3.98. The van der Waals surface area contributed by atoms with Gasteiger partial charge in [0.05, 0.1) is 5.69 Å². The second-order valence-corrected chi connectivity index (χ2v) is 9.16. The fourth-order valence-electron chi connectivity index (χ4n) is 2.68. The molecule has 148 valence electrons. The Kier molecular flexibility index (Phi) is 5.49. The highest BCUT2D eigenvalue weighted by Gasteiger charge is 2.21. The van der Waals surface area contributed by atoms with Gasteiger partial charge in [0.2, 0.25) is 11.0 Å². The molecule has 4 rings (SSSR count). The van der Waals surface area contributed by atoms with Gasteiger partial charge in [-0.05, 0) is 30.3 Å². The molecule has 5 nitrogen and oxygen atoms in total. The molecule has 0 saturated carbocycles. The van der Waals surface area contributed by atoms with Crippen LogP contribution in [-0.4, -0.2) is 13.4 Å². The number of hydrogen-bond donors (Lipinski definition) is 1. The van der Waals surface area contributed by atoms with Gasteiger partial charge in [-0.2, -0.15) is 12.8 Å². The average Bonchev–Trinajstić information content (AvgIpc) is 3.14. The van der Waals surface area contributed by atoms with E-state index in [1.165, 1.54) is 30.1 Å². The van der Waals surface area contributed by atoms with E-state index in [2.05, 4.69) is 9.71 Å². The maximum Gasteiger partial charge on any atom is 0.295 e. The van der Waals surface area contributed by atoms with Crippen LogP contribution >= 0.6 is 23.4 Å². The first-order valence-electron chi connectivity index (χ1n) is 8.45. The van der Waals surface area contributed by atoms with Crippen LogP contribution in [0.25, 0.3) is 11.0 Å². The number of nitrogens with zero attached hydrogens (tertiary/aromatic N) is 1. The van der Waals surface area contributed by atoms with Crippen LogP contribution in [0.5, 0.6) is 0 Å². The number of benzene rings is 2. The molecule has 0 aliphatic rings. The Morgan fingerprint density at radius 3 is 2.72 bits per heavy atom. The van der Waals surface area contributed by atoms with E-state index in [1.807, 2.05) is 0 Å². The lowest BCUT2D eigenvalue weighted by atomic mass is 10.3. The minimum Gasteiger partial charge on any atom is -0.443 e. The van der Waals surface area contributed by atoms with Gasteiger partial charge in [0.15, 0.2) is 0 Å². The number of sulfonamides is 1. The average molecular weight is 449 g/mol. The summed E-state index contributed by atoms with van der Waals surface area (Å²) in [5.74, 6) is -0.279. The summed E-state index contributed by atoms with van der Waals surface area (Å²) >= 11 is 7.33. The summed E-state index contributed by atoms with van der Waals surface area (Å²) < 4.78 is 47.4. The zero-order chi connectivity index (χ0) is 20.4. The van der Waals surface area contributed by atoms with Gasteiger partial charge < -0.3 is 4.42 Å². The van der Waals surface area contributed by atoms with Crippen LogP contribution < -0.4 is 4.72 Å². The van der Waals surface area contributed by atoms with Crippen LogP contribution in [0.4, 0.5) is 10.1 Å². The number of fused-ring (bicyclic) bond motifs is 1.